The van der Waals surface area contributed by atoms with E-state index in [1.807, 2.05) is 0 Å². The van der Waals surface area contributed by atoms with Gasteiger partial charge in [-0.25, -0.2) is 0 Å². The SMILES string of the molecule is Cc1csc(C(=O)N(CC(=O)O)CC(=O)O)c1Cl. The van der Waals surface area contributed by atoms with Gasteiger partial charge in [0.15, 0.2) is 0 Å². The third-order valence-electron chi connectivity index (χ3n) is 2.03. The maximum atomic E-state index is 12.0. The fraction of sp³-hybridized carbons (Fsp3) is 0.300. The number of thiophene rings is 1. The topological polar surface area (TPSA) is 94.9 Å². The lowest BCUT2D eigenvalue weighted by molar-refractivity contribution is -0.140. The molecule has 0 spiro atoms. The first-order valence-corrected chi connectivity index (χ1v) is 6.05. The van der Waals surface area contributed by atoms with Crippen LogP contribution in [0.15, 0.2) is 5.38 Å². The van der Waals surface area contributed by atoms with E-state index in [9.17, 15) is 14.4 Å². The fourth-order valence-corrected chi connectivity index (χ4v) is 2.48. The van der Waals surface area contributed by atoms with Crippen molar-refractivity contribution in [1.82, 2.24) is 4.90 Å². The molecule has 1 aromatic rings. The van der Waals surface area contributed by atoms with Crippen molar-refractivity contribution in [2.24, 2.45) is 0 Å². The molecule has 2 N–H and O–H groups in total. The van der Waals surface area contributed by atoms with Gasteiger partial charge in [0.05, 0.1) is 5.02 Å². The van der Waals surface area contributed by atoms with E-state index in [0.717, 1.165) is 16.2 Å². The molecule has 18 heavy (non-hydrogen) atoms. The van der Waals surface area contributed by atoms with E-state index in [2.05, 4.69) is 0 Å². The molecular weight excluding hydrogens is 282 g/mol. The van der Waals surface area contributed by atoms with E-state index in [1.165, 1.54) is 0 Å². The lowest BCUT2D eigenvalue weighted by atomic mass is 10.3. The number of halogens is 1. The quantitative estimate of drug-likeness (QED) is 0.853. The molecule has 1 rings (SSSR count). The summed E-state index contributed by atoms with van der Waals surface area (Å²) in [5.74, 6) is -3.26. The van der Waals surface area contributed by atoms with E-state index in [1.54, 1.807) is 12.3 Å². The fourth-order valence-electron chi connectivity index (χ4n) is 1.24. The molecular formula is C10H10ClNO5S. The van der Waals surface area contributed by atoms with Crippen LogP contribution in [0, 0.1) is 6.92 Å². The van der Waals surface area contributed by atoms with E-state index < -0.39 is 30.9 Å². The molecule has 0 bridgehead atoms. The highest BCUT2D eigenvalue weighted by Gasteiger charge is 2.24. The largest absolute Gasteiger partial charge is 0.480 e. The zero-order valence-corrected chi connectivity index (χ0v) is 10.9. The van der Waals surface area contributed by atoms with Gasteiger partial charge in [0.25, 0.3) is 5.91 Å². The number of aliphatic carboxylic acids is 2. The van der Waals surface area contributed by atoms with Crippen LogP contribution in [0.4, 0.5) is 0 Å². The summed E-state index contributed by atoms with van der Waals surface area (Å²) in [5, 5.41) is 19.2. The minimum Gasteiger partial charge on any atom is -0.480 e. The van der Waals surface area contributed by atoms with Crippen LogP contribution >= 0.6 is 22.9 Å². The highest BCUT2D eigenvalue weighted by molar-refractivity contribution is 7.13. The molecule has 0 aromatic carbocycles. The summed E-state index contributed by atoms with van der Waals surface area (Å²) in [6.07, 6.45) is 0. The molecule has 0 aliphatic heterocycles. The molecule has 98 valence electrons. The summed E-state index contributed by atoms with van der Waals surface area (Å²) in [4.78, 5) is 34.1. The van der Waals surface area contributed by atoms with Gasteiger partial charge in [0.2, 0.25) is 0 Å². The van der Waals surface area contributed by atoms with Crippen LogP contribution in [0.5, 0.6) is 0 Å². The Labute approximate surface area is 111 Å². The van der Waals surface area contributed by atoms with Gasteiger partial charge in [-0.3, -0.25) is 14.4 Å². The Bertz CT molecular complexity index is 482. The summed E-state index contributed by atoms with van der Waals surface area (Å²) in [5.41, 5.74) is 0.690. The van der Waals surface area contributed by atoms with Crippen molar-refractivity contribution in [3.05, 3.63) is 20.8 Å². The van der Waals surface area contributed by atoms with Gasteiger partial charge in [0, 0.05) is 0 Å². The first-order chi connectivity index (χ1) is 8.32. The first kappa shape index (κ1) is 14.5. The molecule has 0 saturated carbocycles. The van der Waals surface area contributed by atoms with Crippen LogP contribution in [0.25, 0.3) is 0 Å². The standard InChI is InChI=1S/C10H10ClNO5S/c1-5-4-18-9(8(5)11)10(17)12(2-6(13)14)3-7(15)16/h4H,2-3H2,1H3,(H,13,14)(H,15,16). The Kier molecular flexibility index (Phi) is 4.69. The molecule has 0 fully saturated rings. The molecule has 8 heteroatoms. The number of nitrogens with zero attached hydrogens (tertiary/aromatic N) is 1. The molecule has 1 heterocycles. The lowest BCUT2D eigenvalue weighted by Gasteiger charge is -2.17. The molecule has 0 radical (unpaired) electrons. The number of carbonyl (C=O) groups is 3. The predicted octanol–water partition coefficient (Wildman–Crippen LogP) is 1.32. The van der Waals surface area contributed by atoms with Crippen molar-refractivity contribution in [3.63, 3.8) is 0 Å². The van der Waals surface area contributed by atoms with Gasteiger partial charge in [-0.1, -0.05) is 11.6 Å². The average molecular weight is 292 g/mol. The van der Waals surface area contributed by atoms with Gasteiger partial charge >= 0.3 is 11.9 Å². The minimum absolute atomic E-state index is 0.150. The molecule has 0 aliphatic rings. The number of amides is 1. The maximum Gasteiger partial charge on any atom is 0.323 e. The van der Waals surface area contributed by atoms with Crippen LogP contribution in [0.1, 0.15) is 15.2 Å². The number of rotatable bonds is 5. The van der Waals surface area contributed by atoms with Crippen LogP contribution in [0.2, 0.25) is 5.02 Å². The number of hydrogen-bond donors (Lipinski definition) is 2. The Balaban J connectivity index is 2.98. The molecule has 1 aromatic heterocycles. The number of hydrogen-bond acceptors (Lipinski definition) is 4. The lowest BCUT2D eigenvalue weighted by Crippen LogP contribution is -2.39. The zero-order chi connectivity index (χ0) is 13.9. The third-order valence-corrected chi connectivity index (χ3v) is 3.72. The average Bonchev–Trinajstić information content (AvgIpc) is 2.56. The molecule has 0 unspecified atom stereocenters. The highest BCUT2D eigenvalue weighted by Crippen LogP contribution is 2.28. The second kappa shape index (κ2) is 5.83. The summed E-state index contributed by atoms with van der Waals surface area (Å²) in [6.45, 7) is 0.338. The molecule has 0 aliphatic carbocycles. The Morgan fingerprint density at radius 1 is 1.28 bits per heavy atom. The smallest absolute Gasteiger partial charge is 0.323 e. The second-order valence-electron chi connectivity index (χ2n) is 3.51. The van der Waals surface area contributed by atoms with Crippen molar-refractivity contribution in [1.29, 1.82) is 0 Å². The summed E-state index contributed by atoms with van der Waals surface area (Å²) >= 11 is 6.95. The minimum atomic E-state index is -1.28. The van der Waals surface area contributed by atoms with Crippen molar-refractivity contribution in [2.75, 3.05) is 13.1 Å². The summed E-state index contributed by atoms with van der Waals surface area (Å²) in [7, 11) is 0. The van der Waals surface area contributed by atoms with Crippen LogP contribution < -0.4 is 0 Å². The summed E-state index contributed by atoms with van der Waals surface area (Å²) < 4.78 is 0. The molecule has 6 nitrogen and oxygen atoms in total. The van der Waals surface area contributed by atoms with E-state index in [4.69, 9.17) is 21.8 Å². The van der Waals surface area contributed by atoms with Crippen molar-refractivity contribution in [2.45, 2.75) is 6.92 Å². The van der Waals surface area contributed by atoms with E-state index in [0.29, 0.717) is 5.56 Å². The third kappa shape index (κ3) is 3.44. The predicted molar refractivity (Wildman–Crippen MR) is 65.2 cm³/mol. The van der Waals surface area contributed by atoms with Crippen LogP contribution in [-0.2, 0) is 9.59 Å². The van der Waals surface area contributed by atoms with Gasteiger partial charge in [0.1, 0.15) is 18.0 Å². The number of carboxylic acids is 2. The first-order valence-electron chi connectivity index (χ1n) is 4.79. The highest BCUT2D eigenvalue weighted by atomic mass is 35.5. The number of carbonyl (C=O) groups excluding carboxylic acids is 1. The number of carboxylic acid groups (broad SMARTS) is 2. The monoisotopic (exact) mass is 291 g/mol. The van der Waals surface area contributed by atoms with E-state index >= 15 is 0 Å². The zero-order valence-electron chi connectivity index (χ0n) is 9.34. The van der Waals surface area contributed by atoms with Crippen LogP contribution in [-0.4, -0.2) is 46.0 Å². The van der Waals surface area contributed by atoms with Crippen molar-refractivity contribution in [3.8, 4) is 0 Å². The van der Waals surface area contributed by atoms with Gasteiger partial charge in [-0.2, -0.15) is 0 Å². The normalized spacial score (nSPS) is 10.1. The van der Waals surface area contributed by atoms with Gasteiger partial charge < -0.3 is 15.1 Å². The van der Waals surface area contributed by atoms with Crippen molar-refractivity contribution >= 4 is 40.8 Å². The molecule has 1 amide bonds. The molecule has 0 saturated heterocycles. The number of aryl methyl sites for hydroxylation is 1. The Morgan fingerprint density at radius 3 is 2.11 bits per heavy atom. The van der Waals surface area contributed by atoms with Gasteiger partial charge in [-0.05, 0) is 17.9 Å². The Hall–Kier alpha value is -1.60. The van der Waals surface area contributed by atoms with Crippen LogP contribution in [0.3, 0.4) is 0 Å². The second-order valence-corrected chi connectivity index (χ2v) is 4.77. The Morgan fingerprint density at radius 2 is 1.78 bits per heavy atom. The maximum absolute atomic E-state index is 12.0. The van der Waals surface area contributed by atoms with Gasteiger partial charge in [-0.15, -0.1) is 11.3 Å². The van der Waals surface area contributed by atoms with Crippen molar-refractivity contribution < 1.29 is 24.6 Å². The summed E-state index contributed by atoms with van der Waals surface area (Å²) in [6, 6.07) is 0. The molecule has 0 atom stereocenters. The van der Waals surface area contributed by atoms with E-state index in [-0.39, 0.29) is 9.90 Å².